The molecule has 2 fully saturated rings. The van der Waals surface area contributed by atoms with E-state index in [1.54, 1.807) is 35.5 Å². The maximum Gasteiger partial charge on any atom is 0.266 e. The Kier molecular flexibility index (Phi) is 4.35. The minimum atomic E-state index is -0.0778. The van der Waals surface area contributed by atoms with Crippen LogP contribution >= 0.6 is 0 Å². The molecule has 0 aromatic carbocycles. The van der Waals surface area contributed by atoms with E-state index in [1.165, 1.54) is 12.8 Å². The van der Waals surface area contributed by atoms with Gasteiger partial charge in [0, 0.05) is 48.2 Å². The summed E-state index contributed by atoms with van der Waals surface area (Å²) in [5, 5.41) is 4.61. The molecule has 2 aliphatic rings. The summed E-state index contributed by atoms with van der Waals surface area (Å²) in [6.07, 6.45) is 9.70. The number of hydrogen-bond donors (Lipinski definition) is 0. The molecule has 7 nitrogen and oxygen atoms in total. The molecule has 28 heavy (non-hydrogen) atoms. The predicted octanol–water partition coefficient (Wildman–Crippen LogP) is 2.64. The Morgan fingerprint density at radius 2 is 1.89 bits per heavy atom. The third kappa shape index (κ3) is 3.40. The third-order valence-electron chi connectivity index (χ3n) is 5.57. The second-order valence-corrected chi connectivity index (χ2v) is 7.54. The highest BCUT2D eigenvalue weighted by Crippen LogP contribution is 2.40. The first-order valence-corrected chi connectivity index (χ1v) is 9.85. The van der Waals surface area contributed by atoms with Gasteiger partial charge in [0.1, 0.15) is 12.1 Å². The average Bonchev–Trinajstić information content (AvgIpc) is 3.49. The molecule has 0 amide bonds. The number of anilines is 1. The van der Waals surface area contributed by atoms with Crippen LogP contribution in [0.3, 0.4) is 0 Å². The van der Waals surface area contributed by atoms with Crippen LogP contribution in [0.4, 0.5) is 5.82 Å². The third-order valence-corrected chi connectivity index (χ3v) is 5.57. The van der Waals surface area contributed by atoms with Crippen molar-refractivity contribution in [1.29, 1.82) is 0 Å². The number of hydrogen-bond acceptors (Lipinski definition) is 6. The molecular weight excluding hydrogens is 352 g/mol. The molecule has 1 aliphatic heterocycles. The molecule has 1 saturated heterocycles. The van der Waals surface area contributed by atoms with Gasteiger partial charge in [-0.1, -0.05) is 0 Å². The van der Waals surface area contributed by atoms with Crippen molar-refractivity contribution in [3.63, 3.8) is 0 Å². The molecule has 0 radical (unpaired) electrons. The Hall–Kier alpha value is -3.09. The van der Waals surface area contributed by atoms with Crippen LogP contribution in [0, 0.1) is 0 Å². The van der Waals surface area contributed by atoms with Crippen molar-refractivity contribution in [2.45, 2.75) is 44.2 Å². The highest BCUT2D eigenvalue weighted by atomic mass is 16.1. The van der Waals surface area contributed by atoms with Crippen molar-refractivity contribution >= 4 is 5.82 Å². The molecule has 4 heterocycles. The summed E-state index contributed by atoms with van der Waals surface area (Å²) in [6.45, 7) is 1.51. The van der Waals surface area contributed by atoms with Crippen LogP contribution in [0.5, 0.6) is 0 Å². The van der Waals surface area contributed by atoms with Gasteiger partial charge in [-0.25, -0.2) is 14.6 Å². The molecule has 1 saturated carbocycles. The normalized spacial score (nSPS) is 19.1. The van der Waals surface area contributed by atoms with Crippen molar-refractivity contribution in [3.05, 3.63) is 65.1 Å². The highest BCUT2D eigenvalue weighted by molar-refractivity contribution is 5.57. The van der Waals surface area contributed by atoms with E-state index >= 15 is 0 Å². The number of pyridine rings is 1. The van der Waals surface area contributed by atoms with Crippen LogP contribution in [-0.4, -0.2) is 37.3 Å². The smallest absolute Gasteiger partial charge is 0.266 e. The van der Waals surface area contributed by atoms with Gasteiger partial charge >= 0.3 is 0 Å². The Bertz CT molecular complexity index is 1030. The molecule has 1 atom stereocenters. The minimum Gasteiger partial charge on any atom is -0.352 e. The molecule has 1 aliphatic carbocycles. The van der Waals surface area contributed by atoms with Crippen LogP contribution < -0.4 is 10.5 Å². The van der Waals surface area contributed by atoms with E-state index < -0.39 is 0 Å². The summed E-state index contributed by atoms with van der Waals surface area (Å²) >= 11 is 0. The van der Waals surface area contributed by atoms with Crippen LogP contribution in [0.1, 0.15) is 37.3 Å². The minimum absolute atomic E-state index is 0.0778. The van der Waals surface area contributed by atoms with E-state index in [0.29, 0.717) is 12.5 Å². The van der Waals surface area contributed by atoms with E-state index in [1.807, 2.05) is 12.1 Å². The molecule has 3 aromatic rings. The lowest BCUT2D eigenvalue weighted by atomic mass is 10.2. The Balaban J connectivity index is 1.41. The fourth-order valence-corrected chi connectivity index (χ4v) is 3.90. The Morgan fingerprint density at radius 3 is 2.71 bits per heavy atom. The van der Waals surface area contributed by atoms with Gasteiger partial charge in [-0.3, -0.25) is 9.78 Å². The lowest BCUT2D eigenvalue weighted by Crippen LogP contribution is -2.37. The number of aromatic nitrogens is 5. The summed E-state index contributed by atoms with van der Waals surface area (Å²) in [5.41, 5.74) is 2.80. The molecule has 5 rings (SSSR count). The summed E-state index contributed by atoms with van der Waals surface area (Å²) < 4.78 is 1.59. The van der Waals surface area contributed by atoms with Gasteiger partial charge in [0.2, 0.25) is 0 Å². The molecule has 0 bridgehead atoms. The lowest BCUT2D eigenvalue weighted by molar-refractivity contribution is 0.488. The van der Waals surface area contributed by atoms with Crippen molar-refractivity contribution < 1.29 is 0 Å². The molecular formula is C21H22N6O. The first kappa shape index (κ1) is 17.0. The van der Waals surface area contributed by atoms with Gasteiger partial charge in [0.25, 0.3) is 5.56 Å². The molecule has 0 N–H and O–H groups in total. The maximum absolute atomic E-state index is 12.4. The zero-order valence-electron chi connectivity index (χ0n) is 15.6. The van der Waals surface area contributed by atoms with E-state index in [-0.39, 0.29) is 11.6 Å². The fourth-order valence-electron chi connectivity index (χ4n) is 3.90. The Morgan fingerprint density at radius 1 is 1.04 bits per heavy atom. The standard InChI is InChI=1S/C21H22N6O/c28-21-6-5-18(16-7-9-22-10-8-16)25-27(21)13-17-2-1-11-26(17)20-12-19(15-3-4-15)23-14-24-20/h5-10,12,14-15,17H,1-4,11,13H2. The van der Waals surface area contributed by atoms with Crippen molar-refractivity contribution in [3.8, 4) is 11.3 Å². The van der Waals surface area contributed by atoms with Crippen LogP contribution in [0.25, 0.3) is 11.3 Å². The fraction of sp³-hybridized carbons (Fsp3) is 0.381. The average molecular weight is 374 g/mol. The van der Waals surface area contributed by atoms with E-state index in [9.17, 15) is 4.79 Å². The van der Waals surface area contributed by atoms with Gasteiger partial charge in [0.05, 0.1) is 18.3 Å². The quantitative estimate of drug-likeness (QED) is 0.683. The van der Waals surface area contributed by atoms with E-state index in [2.05, 4.69) is 31.0 Å². The molecule has 1 unspecified atom stereocenters. The van der Waals surface area contributed by atoms with Crippen LogP contribution in [-0.2, 0) is 6.54 Å². The molecule has 142 valence electrons. The first-order chi connectivity index (χ1) is 13.8. The highest BCUT2D eigenvalue weighted by Gasteiger charge is 2.29. The maximum atomic E-state index is 12.4. The summed E-state index contributed by atoms with van der Waals surface area (Å²) in [7, 11) is 0. The lowest BCUT2D eigenvalue weighted by Gasteiger charge is -2.26. The summed E-state index contributed by atoms with van der Waals surface area (Å²) in [6, 6.07) is 9.50. The molecule has 3 aromatic heterocycles. The van der Waals surface area contributed by atoms with E-state index in [0.717, 1.165) is 42.2 Å². The topological polar surface area (TPSA) is 76.8 Å². The van der Waals surface area contributed by atoms with Crippen molar-refractivity contribution in [1.82, 2.24) is 24.7 Å². The Labute approximate surface area is 163 Å². The van der Waals surface area contributed by atoms with Gasteiger partial charge in [-0.15, -0.1) is 0 Å². The summed E-state index contributed by atoms with van der Waals surface area (Å²) in [5.74, 6) is 1.57. The van der Waals surface area contributed by atoms with Crippen LogP contribution in [0.15, 0.2) is 53.8 Å². The van der Waals surface area contributed by atoms with Gasteiger partial charge < -0.3 is 4.90 Å². The van der Waals surface area contributed by atoms with Gasteiger partial charge in [-0.05, 0) is 43.9 Å². The summed E-state index contributed by atoms with van der Waals surface area (Å²) in [4.78, 5) is 27.7. The zero-order valence-corrected chi connectivity index (χ0v) is 15.6. The second-order valence-electron chi connectivity index (χ2n) is 7.54. The molecule has 7 heteroatoms. The first-order valence-electron chi connectivity index (χ1n) is 9.85. The molecule has 0 spiro atoms. The van der Waals surface area contributed by atoms with E-state index in [4.69, 9.17) is 0 Å². The largest absolute Gasteiger partial charge is 0.352 e. The van der Waals surface area contributed by atoms with Gasteiger partial charge in [0.15, 0.2) is 0 Å². The second kappa shape index (κ2) is 7.14. The number of rotatable bonds is 5. The van der Waals surface area contributed by atoms with Gasteiger partial charge in [-0.2, -0.15) is 5.10 Å². The number of nitrogens with zero attached hydrogens (tertiary/aromatic N) is 6. The predicted molar refractivity (Wildman–Crippen MR) is 106 cm³/mol. The van der Waals surface area contributed by atoms with Crippen molar-refractivity contribution in [2.24, 2.45) is 0 Å². The monoisotopic (exact) mass is 374 g/mol. The SMILES string of the molecule is O=c1ccc(-c2ccncc2)nn1CC1CCCN1c1cc(C2CC2)ncn1. The van der Waals surface area contributed by atoms with Crippen LogP contribution in [0.2, 0.25) is 0 Å². The zero-order chi connectivity index (χ0) is 18.9. The van der Waals surface area contributed by atoms with Crippen molar-refractivity contribution in [2.75, 3.05) is 11.4 Å².